The van der Waals surface area contributed by atoms with Crippen LogP contribution in [0.3, 0.4) is 0 Å². The number of anilines is 3. The molecule has 4 heterocycles. The zero-order valence-corrected chi connectivity index (χ0v) is 24.1. The largest absolute Gasteiger partial charge is 0.308 e. The van der Waals surface area contributed by atoms with E-state index in [9.17, 15) is 0 Å². The first-order valence-corrected chi connectivity index (χ1v) is 15.1. The highest BCUT2D eigenvalue weighted by Gasteiger charge is 2.40. The van der Waals surface area contributed by atoms with Crippen molar-refractivity contribution in [3.8, 4) is 5.95 Å². The molecule has 0 atom stereocenters. The lowest BCUT2D eigenvalue weighted by atomic mass is 9.78. The number of rotatable bonds is 2. The second-order valence-corrected chi connectivity index (χ2v) is 12.5. The Morgan fingerprint density at radius 3 is 2.33 bits per heavy atom. The van der Waals surface area contributed by atoms with Crippen molar-refractivity contribution in [3.05, 3.63) is 132 Å². The Morgan fingerprint density at radius 1 is 0.690 bits per heavy atom. The Morgan fingerprint density at radius 2 is 1.43 bits per heavy atom. The van der Waals surface area contributed by atoms with Gasteiger partial charge < -0.3 is 4.90 Å². The van der Waals surface area contributed by atoms with Gasteiger partial charge in [0, 0.05) is 43.7 Å². The lowest BCUT2D eigenvalue weighted by Gasteiger charge is -2.40. The first kappa shape index (κ1) is 23.7. The van der Waals surface area contributed by atoms with Crippen molar-refractivity contribution in [1.29, 1.82) is 0 Å². The molecule has 1 aliphatic heterocycles. The Bertz CT molecular complexity index is 2350. The van der Waals surface area contributed by atoms with Crippen molar-refractivity contribution in [1.82, 2.24) is 14.5 Å². The van der Waals surface area contributed by atoms with Gasteiger partial charge in [-0.2, -0.15) is 0 Å². The van der Waals surface area contributed by atoms with Gasteiger partial charge in [-0.25, -0.2) is 9.97 Å². The Hall–Kier alpha value is -5.00. The number of nitrogens with zero attached hydrogens (tertiary/aromatic N) is 4. The van der Waals surface area contributed by atoms with E-state index in [1.165, 1.54) is 48.4 Å². The highest BCUT2D eigenvalue weighted by Crippen LogP contribution is 2.58. The van der Waals surface area contributed by atoms with Crippen LogP contribution in [0.5, 0.6) is 0 Å². The van der Waals surface area contributed by atoms with Crippen LogP contribution in [0.2, 0.25) is 0 Å². The predicted octanol–water partition coefficient (Wildman–Crippen LogP) is 10.1. The van der Waals surface area contributed by atoms with Crippen LogP contribution in [0.4, 0.5) is 17.1 Å². The van der Waals surface area contributed by atoms with E-state index in [1.807, 2.05) is 29.7 Å². The van der Waals surface area contributed by atoms with Crippen molar-refractivity contribution in [2.75, 3.05) is 4.90 Å². The molecule has 3 aromatic heterocycles. The third-order valence-corrected chi connectivity index (χ3v) is 10.3. The molecular weight excluding hydrogens is 533 g/mol. The minimum Gasteiger partial charge on any atom is -0.308 e. The number of fused-ring (bicyclic) bond motifs is 9. The molecule has 0 unspecified atom stereocenters. The van der Waals surface area contributed by atoms with E-state index in [-0.39, 0.29) is 5.41 Å². The van der Waals surface area contributed by atoms with Gasteiger partial charge in [-0.15, -0.1) is 11.3 Å². The smallest absolute Gasteiger partial charge is 0.235 e. The van der Waals surface area contributed by atoms with Crippen LogP contribution < -0.4 is 4.90 Å². The van der Waals surface area contributed by atoms with Crippen LogP contribution >= 0.6 is 11.3 Å². The third-order valence-electron chi connectivity index (χ3n) is 8.76. The highest BCUT2D eigenvalue weighted by molar-refractivity contribution is 7.21. The van der Waals surface area contributed by atoms with Gasteiger partial charge in [-0.3, -0.25) is 4.57 Å². The van der Waals surface area contributed by atoms with E-state index in [2.05, 4.69) is 126 Å². The van der Waals surface area contributed by atoms with E-state index >= 15 is 0 Å². The van der Waals surface area contributed by atoms with Crippen LogP contribution in [-0.4, -0.2) is 14.5 Å². The average Bonchev–Trinajstić information content (AvgIpc) is 3.59. The van der Waals surface area contributed by atoms with E-state index < -0.39 is 0 Å². The minimum atomic E-state index is -0.163. The number of para-hydroxylation sites is 4. The summed E-state index contributed by atoms with van der Waals surface area (Å²) < 4.78 is 3.53. The SMILES string of the molecule is CC1(C)c2ccccc2N(c2ccccc2)c2c1sc1c2ccc2c3ccccc3n(-c3ncc4ccccc4n3)c21. The number of benzene rings is 5. The molecule has 0 amide bonds. The molecule has 0 saturated carbocycles. The molecule has 0 N–H and O–H groups in total. The monoisotopic (exact) mass is 558 g/mol. The maximum absolute atomic E-state index is 5.08. The van der Waals surface area contributed by atoms with Crippen molar-refractivity contribution < 1.29 is 0 Å². The summed E-state index contributed by atoms with van der Waals surface area (Å²) in [6.07, 6.45) is 1.94. The summed E-state index contributed by atoms with van der Waals surface area (Å²) in [5, 5.41) is 4.71. The van der Waals surface area contributed by atoms with Crippen molar-refractivity contribution in [3.63, 3.8) is 0 Å². The summed E-state index contributed by atoms with van der Waals surface area (Å²) >= 11 is 1.91. The standard InChI is InChI=1S/C37H26N4S/c1-37(2)28-16-8-11-19-31(28)40(24-13-4-3-5-14-24)33-27-21-20-26-25-15-7-10-18-30(25)41(32(26)34(27)42-35(33)37)36-38-22-23-12-6-9-17-29(23)39-36/h3-22H,1-2H3. The van der Waals surface area contributed by atoms with Gasteiger partial charge in [-0.1, -0.05) is 98.8 Å². The molecule has 5 aromatic carbocycles. The van der Waals surface area contributed by atoms with Crippen molar-refractivity contribution >= 4 is 71.2 Å². The molecule has 42 heavy (non-hydrogen) atoms. The summed E-state index contributed by atoms with van der Waals surface area (Å²) in [6, 6.07) is 41.0. The number of hydrogen-bond acceptors (Lipinski definition) is 4. The van der Waals surface area contributed by atoms with Gasteiger partial charge >= 0.3 is 0 Å². The molecule has 4 nitrogen and oxygen atoms in total. The molecule has 0 spiro atoms. The molecule has 200 valence electrons. The first-order chi connectivity index (χ1) is 20.6. The summed E-state index contributed by atoms with van der Waals surface area (Å²) in [6.45, 7) is 4.73. The number of hydrogen-bond donors (Lipinski definition) is 0. The first-order valence-electron chi connectivity index (χ1n) is 14.3. The Labute approximate surface area is 247 Å². The summed E-state index contributed by atoms with van der Waals surface area (Å²) in [5.74, 6) is 0.696. The van der Waals surface area contributed by atoms with E-state index in [1.54, 1.807) is 0 Å². The van der Waals surface area contributed by atoms with Gasteiger partial charge in [0.05, 0.1) is 32.6 Å². The van der Waals surface area contributed by atoms with Crippen LogP contribution in [0.15, 0.2) is 121 Å². The molecule has 9 rings (SSSR count). The summed E-state index contributed by atoms with van der Waals surface area (Å²) in [4.78, 5) is 13.8. The van der Waals surface area contributed by atoms with Crippen molar-refractivity contribution in [2.24, 2.45) is 0 Å². The second-order valence-electron chi connectivity index (χ2n) is 11.5. The molecule has 0 bridgehead atoms. The maximum atomic E-state index is 5.08. The molecule has 0 fully saturated rings. The fourth-order valence-corrected chi connectivity index (χ4v) is 8.24. The predicted molar refractivity (Wildman–Crippen MR) is 176 cm³/mol. The summed E-state index contributed by atoms with van der Waals surface area (Å²) in [5.41, 5.74) is 8.06. The van der Waals surface area contributed by atoms with Crippen LogP contribution in [0.25, 0.3) is 48.7 Å². The van der Waals surface area contributed by atoms with Crippen LogP contribution in [0, 0.1) is 0 Å². The topological polar surface area (TPSA) is 34.0 Å². The maximum Gasteiger partial charge on any atom is 0.235 e. The third kappa shape index (κ3) is 3.11. The van der Waals surface area contributed by atoms with E-state index in [0.717, 1.165) is 21.9 Å². The lowest BCUT2D eigenvalue weighted by molar-refractivity contribution is 0.647. The Balaban J connectivity index is 1.44. The molecule has 1 aliphatic rings. The second kappa shape index (κ2) is 8.51. The molecular formula is C37H26N4S. The molecule has 0 saturated heterocycles. The molecule has 0 radical (unpaired) electrons. The highest BCUT2D eigenvalue weighted by atomic mass is 32.1. The van der Waals surface area contributed by atoms with Crippen LogP contribution in [-0.2, 0) is 5.41 Å². The Kier molecular flexibility index (Phi) is 4.80. The fourth-order valence-electron chi connectivity index (χ4n) is 6.80. The fraction of sp³-hybridized carbons (Fsp3) is 0.0811. The number of aromatic nitrogens is 3. The van der Waals surface area contributed by atoms with Gasteiger partial charge in [0.25, 0.3) is 0 Å². The van der Waals surface area contributed by atoms with Gasteiger partial charge in [0.2, 0.25) is 5.95 Å². The minimum absolute atomic E-state index is 0.163. The average molecular weight is 559 g/mol. The quantitative estimate of drug-likeness (QED) is 0.212. The molecule has 8 aromatic rings. The molecule has 5 heteroatoms. The van der Waals surface area contributed by atoms with Gasteiger partial charge in [0.1, 0.15) is 0 Å². The lowest BCUT2D eigenvalue weighted by Crippen LogP contribution is -2.29. The number of thiophene rings is 1. The summed E-state index contributed by atoms with van der Waals surface area (Å²) in [7, 11) is 0. The zero-order chi connectivity index (χ0) is 28.0. The van der Waals surface area contributed by atoms with Crippen molar-refractivity contribution in [2.45, 2.75) is 19.3 Å². The van der Waals surface area contributed by atoms with E-state index in [4.69, 9.17) is 9.97 Å². The van der Waals surface area contributed by atoms with E-state index in [0.29, 0.717) is 5.95 Å². The zero-order valence-electron chi connectivity index (χ0n) is 23.2. The molecule has 0 aliphatic carbocycles. The van der Waals surface area contributed by atoms with Gasteiger partial charge in [-0.05, 0) is 35.9 Å². The van der Waals surface area contributed by atoms with Gasteiger partial charge in [0.15, 0.2) is 0 Å². The normalized spacial score (nSPS) is 14.1. The van der Waals surface area contributed by atoms with Crippen LogP contribution in [0.1, 0.15) is 24.3 Å².